The highest BCUT2D eigenvalue weighted by Gasteiger charge is 2.39. The molecule has 2 atom stereocenters. The van der Waals surface area contributed by atoms with Gasteiger partial charge in [0.05, 0.1) is 18.4 Å². The number of aromatic nitrogens is 3. The van der Waals surface area contributed by atoms with E-state index in [4.69, 9.17) is 0 Å². The van der Waals surface area contributed by atoms with E-state index in [1.165, 1.54) is 12.5 Å². The molecule has 11 heteroatoms. The minimum absolute atomic E-state index is 0.0219. The van der Waals surface area contributed by atoms with Crippen LogP contribution in [0.2, 0.25) is 0 Å². The monoisotopic (exact) mass is 556 g/mol. The van der Waals surface area contributed by atoms with Crippen LogP contribution >= 0.6 is 0 Å². The maximum atomic E-state index is 14.7. The van der Waals surface area contributed by atoms with E-state index >= 15 is 0 Å². The lowest BCUT2D eigenvalue weighted by atomic mass is 9.93. The highest BCUT2D eigenvalue weighted by molar-refractivity contribution is 7.91. The van der Waals surface area contributed by atoms with E-state index in [0.29, 0.717) is 49.6 Å². The number of nitrogens with one attached hydrogen (secondary N) is 1. The topological polar surface area (TPSA) is 112 Å². The van der Waals surface area contributed by atoms with Crippen molar-refractivity contribution in [2.45, 2.75) is 51.8 Å². The maximum absolute atomic E-state index is 14.7. The standard InChI is InChI=1S/C28H37FN6O3S/c1-5-39(37,38)16-19-14-35(15-19)23-7-6-20(18(2)3)21-12-26(31-13-22(21)23)32-25-8-10-30-27(33-25)34-11-9-24(36)28(4,29)17-34/h6-8,10,12-13,18-19,24,36H,5,9,11,14-17H2,1-4H3,(H,30,31,32,33)/t24-,28+/m1/s1. The molecule has 5 rings (SSSR count). The van der Waals surface area contributed by atoms with Gasteiger partial charge in [-0.1, -0.05) is 26.8 Å². The summed E-state index contributed by atoms with van der Waals surface area (Å²) in [6, 6.07) is 8.02. The van der Waals surface area contributed by atoms with Crippen LogP contribution < -0.4 is 15.1 Å². The second-order valence-electron chi connectivity index (χ2n) is 11.3. The Balaban J connectivity index is 1.38. The van der Waals surface area contributed by atoms with Gasteiger partial charge in [-0.25, -0.2) is 22.8 Å². The Morgan fingerprint density at radius 2 is 1.92 bits per heavy atom. The molecule has 2 saturated heterocycles. The molecule has 0 spiro atoms. The van der Waals surface area contributed by atoms with Crippen molar-refractivity contribution < 1.29 is 17.9 Å². The van der Waals surface area contributed by atoms with Gasteiger partial charge in [-0.05, 0) is 48.4 Å². The summed E-state index contributed by atoms with van der Waals surface area (Å²) < 4.78 is 38.8. The van der Waals surface area contributed by atoms with Gasteiger partial charge in [-0.3, -0.25) is 0 Å². The summed E-state index contributed by atoms with van der Waals surface area (Å²) >= 11 is 0. The molecule has 3 aromatic rings. The molecule has 4 heterocycles. The third-order valence-corrected chi connectivity index (χ3v) is 9.67. The van der Waals surface area contributed by atoms with Crippen molar-refractivity contribution in [2.75, 3.05) is 52.8 Å². The van der Waals surface area contributed by atoms with Crippen LogP contribution in [-0.2, 0) is 9.84 Å². The van der Waals surface area contributed by atoms with E-state index in [9.17, 15) is 17.9 Å². The normalized spacial score (nSPS) is 22.4. The van der Waals surface area contributed by atoms with Gasteiger partial charge in [-0.2, -0.15) is 4.98 Å². The summed E-state index contributed by atoms with van der Waals surface area (Å²) in [6.07, 6.45) is 2.80. The largest absolute Gasteiger partial charge is 0.390 e. The molecule has 0 amide bonds. The number of sulfone groups is 1. The highest BCUT2D eigenvalue weighted by atomic mass is 32.2. The third-order valence-electron chi connectivity index (χ3n) is 7.81. The van der Waals surface area contributed by atoms with Crippen LogP contribution in [0.25, 0.3) is 10.8 Å². The van der Waals surface area contributed by atoms with Gasteiger partial charge in [0, 0.05) is 54.8 Å². The molecule has 2 fully saturated rings. The van der Waals surface area contributed by atoms with Crippen LogP contribution in [-0.4, -0.2) is 77.9 Å². The Bertz CT molecular complexity index is 1460. The fourth-order valence-electron chi connectivity index (χ4n) is 5.45. The first-order valence-corrected chi connectivity index (χ1v) is 15.4. The van der Waals surface area contributed by atoms with Crippen LogP contribution in [0.4, 0.5) is 27.7 Å². The van der Waals surface area contributed by atoms with Gasteiger partial charge in [-0.15, -0.1) is 0 Å². The number of fused-ring (bicyclic) bond motifs is 1. The SMILES string of the molecule is CCS(=O)(=O)CC1CN(c2ccc(C(C)C)c3cc(Nc4ccnc(N5CC[C@@H](O)[C@@](C)(F)C5)n4)ncc23)C1. The minimum Gasteiger partial charge on any atom is -0.390 e. The fraction of sp³-hybridized carbons (Fsp3) is 0.536. The minimum atomic E-state index is -2.99. The van der Waals surface area contributed by atoms with Crippen molar-refractivity contribution in [1.82, 2.24) is 15.0 Å². The maximum Gasteiger partial charge on any atom is 0.227 e. The predicted octanol–water partition coefficient (Wildman–Crippen LogP) is 4.06. The van der Waals surface area contributed by atoms with Gasteiger partial charge in [0.1, 0.15) is 21.5 Å². The lowest BCUT2D eigenvalue weighted by Gasteiger charge is -2.41. The average molecular weight is 557 g/mol. The number of benzene rings is 1. The number of nitrogens with zero attached hydrogens (tertiary/aromatic N) is 5. The van der Waals surface area contributed by atoms with E-state index < -0.39 is 21.6 Å². The molecule has 9 nitrogen and oxygen atoms in total. The first-order chi connectivity index (χ1) is 18.5. The number of alkyl halides is 1. The van der Waals surface area contributed by atoms with Crippen LogP contribution in [0.1, 0.15) is 45.6 Å². The zero-order valence-electron chi connectivity index (χ0n) is 22.9. The number of halogens is 1. The Hall–Kier alpha value is -3.05. The lowest BCUT2D eigenvalue weighted by Crippen LogP contribution is -2.52. The highest BCUT2D eigenvalue weighted by Crippen LogP contribution is 2.37. The molecule has 0 unspecified atom stereocenters. The van der Waals surface area contributed by atoms with Crippen LogP contribution in [0.3, 0.4) is 0 Å². The summed E-state index contributed by atoms with van der Waals surface area (Å²) in [5, 5.41) is 15.3. The number of hydrogen-bond donors (Lipinski definition) is 2. The number of anilines is 4. The first-order valence-electron chi connectivity index (χ1n) is 13.6. The molecule has 2 aliphatic rings. The Kier molecular flexibility index (Phi) is 7.41. The van der Waals surface area contributed by atoms with Gasteiger partial charge in [0.2, 0.25) is 5.95 Å². The van der Waals surface area contributed by atoms with Crippen molar-refractivity contribution in [3.8, 4) is 0 Å². The van der Waals surface area contributed by atoms with Crippen molar-refractivity contribution in [1.29, 1.82) is 0 Å². The quantitative estimate of drug-likeness (QED) is 0.424. The molecular weight excluding hydrogens is 519 g/mol. The molecular formula is C28H37FN6O3S. The first kappa shape index (κ1) is 27.5. The Morgan fingerprint density at radius 1 is 1.15 bits per heavy atom. The van der Waals surface area contributed by atoms with Gasteiger partial charge < -0.3 is 20.2 Å². The smallest absolute Gasteiger partial charge is 0.227 e. The molecule has 0 saturated carbocycles. The van der Waals surface area contributed by atoms with Crippen LogP contribution in [0.5, 0.6) is 0 Å². The zero-order chi connectivity index (χ0) is 27.9. The number of aliphatic hydroxyl groups excluding tert-OH is 1. The zero-order valence-corrected chi connectivity index (χ0v) is 23.7. The van der Waals surface area contributed by atoms with Crippen molar-refractivity contribution in [2.24, 2.45) is 5.92 Å². The molecule has 0 bridgehead atoms. The van der Waals surface area contributed by atoms with Gasteiger partial charge in [0.15, 0.2) is 5.67 Å². The number of rotatable bonds is 8. The molecule has 0 aliphatic carbocycles. The average Bonchev–Trinajstić information content (AvgIpc) is 2.87. The summed E-state index contributed by atoms with van der Waals surface area (Å²) in [5.41, 5.74) is 0.531. The summed E-state index contributed by atoms with van der Waals surface area (Å²) in [7, 11) is -2.99. The molecule has 1 aromatic carbocycles. The van der Waals surface area contributed by atoms with Gasteiger partial charge >= 0.3 is 0 Å². The predicted molar refractivity (Wildman–Crippen MR) is 154 cm³/mol. The summed E-state index contributed by atoms with van der Waals surface area (Å²) in [5.74, 6) is 2.44. The molecule has 210 valence electrons. The summed E-state index contributed by atoms with van der Waals surface area (Å²) in [6.45, 7) is 9.33. The van der Waals surface area contributed by atoms with Crippen LogP contribution in [0.15, 0.2) is 36.7 Å². The Labute approximate surface area is 229 Å². The summed E-state index contributed by atoms with van der Waals surface area (Å²) in [4.78, 5) is 17.6. The number of pyridine rings is 1. The molecule has 2 aliphatic heterocycles. The molecule has 0 radical (unpaired) electrons. The number of piperidine rings is 1. The van der Waals surface area contributed by atoms with E-state index in [1.54, 1.807) is 24.1 Å². The third kappa shape index (κ3) is 5.79. The van der Waals surface area contributed by atoms with Crippen LogP contribution in [0, 0.1) is 5.92 Å². The van der Waals surface area contributed by atoms with E-state index in [2.05, 4.69) is 51.1 Å². The van der Waals surface area contributed by atoms with E-state index in [-0.39, 0.29) is 24.0 Å². The molecule has 2 N–H and O–H groups in total. The second-order valence-corrected chi connectivity index (χ2v) is 13.7. The molecule has 2 aromatic heterocycles. The van der Waals surface area contributed by atoms with E-state index in [0.717, 1.165) is 16.5 Å². The van der Waals surface area contributed by atoms with Crippen molar-refractivity contribution >= 4 is 43.9 Å². The van der Waals surface area contributed by atoms with Crippen molar-refractivity contribution in [3.63, 3.8) is 0 Å². The lowest BCUT2D eigenvalue weighted by molar-refractivity contribution is -0.00860. The van der Waals surface area contributed by atoms with Gasteiger partial charge in [0.25, 0.3) is 0 Å². The van der Waals surface area contributed by atoms with Crippen molar-refractivity contribution in [3.05, 3.63) is 42.2 Å². The second kappa shape index (κ2) is 10.5. The number of aliphatic hydroxyl groups is 1. The number of hydrogen-bond acceptors (Lipinski definition) is 9. The molecule has 39 heavy (non-hydrogen) atoms. The Morgan fingerprint density at radius 3 is 2.62 bits per heavy atom. The fourth-order valence-corrected chi connectivity index (χ4v) is 6.62. The van der Waals surface area contributed by atoms with E-state index in [1.807, 2.05) is 12.3 Å².